The van der Waals surface area contributed by atoms with E-state index in [1.54, 1.807) is 0 Å². The molecule has 1 N–H and O–H groups in total. The van der Waals surface area contributed by atoms with E-state index in [1.807, 2.05) is 0 Å². The lowest BCUT2D eigenvalue weighted by Gasteiger charge is -2.32. The van der Waals surface area contributed by atoms with Gasteiger partial charge in [0.05, 0.1) is 5.41 Å². The molecule has 3 heteroatoms. The van der Waals surface area contributed by atoms with Crippen molar-refractivity contribution < 1.29 is 4.79 Å². The number of likely N-dealkylation sites (tertiary alicyclic amines) is 1. The van der Waals surface area contributed by atoms with Gasteiger partial charge in [-0.25, -0.2) is 0 Å². The molecule has 0 saturated carbocycles. The van der Waals surface area contributed by atoms with Gasteiger partial charge in [0.25, 0.3) is 0 Å². The van der Waals surface area contributed by atoms with Gasteiger partial charge in [0, 0.05) is 13.1 Å². The normalized spacial score (nSPS) is 24.7. The van der Waals surface area contributed by atoms with Crippen molar-refractivity contribution in [2.24, 2.45) is 11.3 Å². The van der Waals surface area contributed by atoms with Crippen LogP contribution in [0.4, 0.5) is 0 Å². The topological polar surface area (TPSA) is 32.3 Å². The summed E-state index contributed by atoms with van der Waals surface area (Å²) in [6, 6.07) is 0. The highest BCUT2D eigenvalue weighted by molar-refractivity contribution is 5.85. The Hall–Kier alpha value is -0.570. The van der Waals surface area contributed by atoms with Crippen LogP contribution >= 0.6 is 0 Å². The molecule has 2 fully saturated rings. The fourth-order valence-electron chi connectivity index (χ4n) is 2.89. The van der Waals surface area contributed by atoms with Crippen molar-refractivity contribution in [1.82, 2.24) is 10.2 Å². The zero-order valence-corrected chi connectivity index (χ0v) is 10.6. The van der Waals surface area contributed by atoms with E-state index in [4.69, 9.17) is 0 Å². The number of hydrogen-bond acceptors (Lipinski definition) is 2. The lowest BCUT2D eigenvalue weighted by Crippen LogP contribution is -2.42. The summed E-state index contributed by atoms with van der Waals surface area (Å²) in [7, 11) is 0. The van der Waals surface area contributed by atoms with Crippen molar-refractivity contribution in [3.05, 3.63) is 0 Å². The maximum Gasteiger partial charge on any atom is 0.228 e. The molecule has 2 rings (SSSR count). The molecular weight excluding hydrogens is 200 g/mol. The maximum absolute atomic E-state index is 12.4. The molecule has 2 aliphatic rings. The van der Waals surface area contributed by atoms with Gasteiger partial charge in [0.1, 0.15) is 0 Å². The monoisotopic (exact) mass is 224 g/mol. The van der Waals surface area contributed by atoms with Gasteiger partial charge in [0.15, 0.2) is 0 Å². The summed E-state index contributed by atoms with van der Waals surface area (Å²) in [5, 5.41) is 3.35. The van der Waals surface area contributed by atoms with Crippen molar-refractivity contribution in [2.75, 3.05) is 26.2 Å². The third-order valence-corrected chi connectivity index (χ3v) is 4.14. The van der Waals surface area contributed by atoms with Crippen LogP contribution < -0.4 is 5.32 Å². The minimum absolute atomic E-state index is 0.0161. The van der Waals surface area contributed by atoms with Crippen LogP contribution in [0.2, 0.25) is 0 Å². The number of piperidine rings is 1. The predicted octanol–water partition coefficient (Wildman–Crippen LogP) is 1.63. The zero-order chi connectivity index (χ0) is 11.6. The van der Waals surface area contributed by atoms with Crippen LogP contribution in [-0.4, -0.2) is 37.0 Å². The Morgan fingerprint density at radius 3 is 2.62 bits per heavy atom. The molecular formula is C13H24N2O. The van der Waals surface area contributed by atoms with E-state index >= 15 is 0 Å². The standard InChI is InChI=1S/C13H24N2O/c1-11(2)3-9-15-10-6-13(12(15)16)4-7-14-8-5-13/h11,14H,3-10H2,1-2H3. The fraction of sp³-hybridized carbons (Fsp3) is 0.923. The second kappa shape index (κ2) is 4.74. The first kappa shape index (κ1) is 11.9. The lowest BCUT2D eigenvalue weighted by atomic mass is 9.78. The lowest BCUT2D eigenvalue weighted by molar-refractivity contribution is -0.137. The van der Waals surface area contributed by atoms with E-state index in [2.05, 4.69) is 24.1 Å². The number of hydrogen-bond donors (Lipinski definition) is 1. The fourth-order valence-corrected chi connectivity index (χ4v) is 2.89. The average molecular weight is 224 g/mol. The maximum atomic E-state index is 12.4. The average Bonchev–Trinajstić information content (AvgIpc) is 2.56. The Morgan fingerprint density at radius 1 is 1.31 bits per heavy atom. The quantitative estimate of drug-likeness (QED) is 0.790. The molecule has 2 heterocycles. The predicted molar refractivity (Wildman–Crippen MR) is 65.2 cm³/mol. The molecule has 3 nitrogen and oxygen atoms in total. The van der Waals surface area contributed by atoms with Gasteiger partial charge in [-0.05, 0) is 44.7 Å². The van der Waals surface area contributed by atoms with Crippen molar-refractivity contribution >= 4 is 5.91 Å². The number of carbonyl (C=O) groups excluding carboxylic acids is 1. The van der Waals surface area contributed by atoms with Gasteiger partial charge in [-0.1, -0.05) is 13.8 Å². The molecule has 0 aliphatic carbocycles. The van der Waals surface area contributed by atoms with Crippen molar-refractivity contribution in [3.63, 3.8) is 0 Å². The zero-order valence-electron chi connectivity index (χ0n) is 10.6. The summed E-state index contributed by atoms with van der Waals surface area (Å²) in [5.74, 6) is 1.13. The van der Waals surface area contributed by atoms with E-state index in [-0.39, 0.29) is 5.41 Å². The van der Waals surface area contributed by atoms with E-state index < -0.39 is 0 Å². The molecule has 0 unspecified atom stereocenters. The summed E-state index contributed by atoms with van der Waals surface area (Å²) >= 11 is 0. The highest BCUT2D eigenvalue weighted by atomic mass is 16.2. The summed E-state index contributed by atoms with van der Waals surface area (Å²) < 4.78 is 0. The first-order chi connectivity index (χ1) is 7.64. The molecule has 0 aromatic carbocycles. The largest absolute Gasteiger partial charge is 0.342 e. The molecule has 2 saturated heterocycles. The van der Waals surface area contributed by atoms with Crippen molar-refractivity contribution in [3.8, 4) is 0 Å². The highest BCUT2D eigenvalue weighted by Gasteiger charge is 2.46. The van der Waals surface area contributed by atoms with Gasteiger partial charge in [-0.15, -0.1) is 0 Å². The molecule has 2 aliphatic heterocycles. The van der Waals surface area contributed by atoms with Crippen LogP contribution in [0.5, 0.6) is 0 Å². The van der Waals surface area contributed by atoms with Crippen LogP contribution in [0.15, 0.2) is 0 Å². The molecule has 0 aromatic heterocycles. The summed E-state index contributed by atoms with van der Waals surface area (Å²) in [6.07, 6.45) is 4.32. The first-order valence-corrected chi connectivity index (χ1v) is 6.64. The first-order valence-electron chi connectivity index (χ1n) is 6.64. The summed E-state index contributed by atoms with van der Waals surface area (Å²) in [5.41, 5.74) is 0.0161. The summed E-state index contributed by atoms with van der Waals surface area (Å²) in [4.78, 5) is 14.5. The number of nitrogens with zero attached hydrogens (tertiary/aromatic N) is 1. The summed E-state index contributed by atoms with van der Waals surface area (Å²) in [6.45, 7) is 8.44. The van der Waals surface area contributed by atoms with Crippen LogP contribution in [0.1, 0.15) is 39.5 Å². The molecule has 0 atom stereocenters. The highest BCUT2D eigenvalue weighted by Crippen LogP contribution is 2.39. The van der Waals surface area contributed by atoms with Crippen LogP contribution in [0.3, 0.4) is 0 Å². The Balaban J connectivity index is 1.93. The number of amides is 1. The number of carbonyl (C=O) groups is 1. The Morgan fingerprint density at radius 2 is 2.00 bits per heavy atom. The van der Waals surface area contributed by atoms with Crippen LogP contribution in [-0.2, 0) is 4.79 Å². The van der Waals surface area contributed by atoms with E-state index in [0.29, 0.717) is 11.8 Å². The molecule has 92 valence electrons. The molecule has 0 radical (unpaired) electrons. The SMILES string of the molecule is CC(C)CCN1CCC2(CCNCC2)C1=O. The van der Waals surface area contributed by atoms with E-state index in [0.717, 1.165) is 51.9 Å². The van der Waals surface area contributed by atoms with Gasteiger partial charge in [-0.2, -0.15) is 0 Å². The molecule has 0 bridgehead atoms. The van der Waals surface area contributed by atoms with E-state index in [9.17, 15) is 4.79 Å². The minimum atomic E-state index is 0.0161. The molecule has 1 spiro atoms. The Kier molecular flexibility index (Phi) is 3.53. The van der Waals surface area contributed by atoms with Crippen molar-refractivity contribution in [1.29, 1.82) is 0 Å². The van der Waals surface area contributed by atoms with Gasteiger partial charge in [0.2, 0.25) is 5.91 Å². The number of nitrogens with one attached hydrogen (secondary N) is 1. The molecule has 0 aromatic rings. The third-order valence-electron chi connectivity index (χ3n) is 4.14. The van der Waals surface area contributed by atoms with Crippen LogP contribution in [0.25, 0.3) is 0 Å². The Labute approximate surface area is 98.6 Å². The minimum Gasteiger partial charge on any atom is -0.342 e. The van der Waals surface area contributed by atoms with Crippen molar-refractivity contribution in [2.45, 2.75) is 39.5 Å². The van der Waals surface area contributed by atoms with Gasteiger partial charge < -0.3 is 10.2 Å². The second-order valence-corrected chi connectivity index (χ2v) is 5.76. The van der Waals surface area contributed by atoms with Gasteiger partial charge in [-0.3, -0.25) is 4.79 Å². The van der Waals surface area contributed by atoms with E-state index in [1.165, 1.54) is 0 Å². The van der Waals surface area contributed by atoms with Gasteiger partial charge >= 0.3 is 0 Å². The van der Waals surface area contributed by atoms with Crippen LogP contribution in [0, 0.1) is 11.3 Å². The third kappa shape index (κ3) is 2.24. The molecule has 1 amide bonds. The Bertz CT molecular complexity index is 257. The smallest absolute Gasteiger partial charge is 0.228 e. The number of rotatable bonds is 3. The molecule has 16 heavy (non-hydrogen) atoms. The second-order valence-electron chi connectivity index (χ2n) is 5.76.